The number of nitrogens with zero attached hydrogens (tertiary/aromatic N) is 3. The molecule has 0 aliphatic rings. The summed E-state index contributed by atoms with van der Waals surface area (Å²) in [5.74, 6) is -0.387. The van der Waals surface area contributed by atoms with Crippen molar-refractivity contribution in [2.24, 2.45) is 0 Å². The molecule has 0 aliphatic carbocycles. The van der Waals surface area contributed by atoms with E-state index in [1.165, 1.54) is 12.1 Å². The van der Waals surface area contributed by atoms with Crippen LogP contribution in [0, 0.1) is 5.82 Å². The van der Waals surface area contributed by atoms with Crippen LogP contribution in [-0.2, 0) is 0 Å². The number of H-pyrrole nitrogens is 1. The number of halogens is 3. The fourth-order valence-corrected chi connectivity index (χ4v) is 2.21. The molecule has 3 rings (SSSR count). The van der Waals surface area contributed by atoms with Gasteiger partial charge < -0.3 is 0 Å². The second-order valence-corrected chi connectivity index (χ2v) is 4.79. The van der Waals surface area contributed by atoms with Crippen molar-refractivity contribution in [3.63, 3.8) is 0 Å². The van der Waals surface area contributed by atoms with E-state index in [-0.39, 0.29) is 5.82 Å². The van der Waals surface area contributed by atoms with E-state index < -0.39 is 0 Å². The van der Waals surface area contributed by atoms with Gasteiger partial charge in [-0.2, -0.15) is 5.10 Å². The molecule has 0 saturated carbocycles. The molecule has 0 fully saturated rings. The molecule has 0 radical (unpaired) electrons. The molecule has 18 heavy (non-hydrogen) atoms. The maximum Gasteiger partial charge on any atom is 0.200 e. The number of rotatable bonds is 1. The molecule has 0 bridgehead atoms. The highest BCUT2D eigenvalue weighted by Gasteiger charge is 2.11. The van der Waals surface area contributed by atoms with Crippen LogP contribution in [0.2, 0.25) is 5.02 Å². The van der Waals surface area contributed by atoms with Crippen LogP contribution in [0.4, 0.5) is 4.39 Å². The zero-order valence-corrected chi connectivity index (χ0v) is 11.1. The topological polar surface area (TPSA) is 54.5 Å². The first-order valence-electron chi connectivity index (χ1n) is 4.97. The second-order valence-electron chi connectivity index (χ2n) is 3.59. The average molecular weight is 328 g/mol. The Kier molecular flexibility index (Phi) is 2.76. The fourth-order valence-electron chi connectivity index (χ4n) is 1.59. The molecule has 4 nitrogen and oxygen atoms in total. The first-order valence-corrected chi connectivity index (χ1v) is 6.14. The van der Waals surface area contributed by atoms with Crippen molar-refractivity contribution in [2.75, 3.05) is 0 Å². The molecule has 3 aromatic rings. The third kappa shape index (κ3) is 1.87. The molecule has 0 unspecified atom stereocenters. The van der Waals surface area contributed by atoms with Gasteiger partial charge in [0.2, 0.25) is 5.65 Å². The summed E-state index contributed by atoms with van der Waals surface area (Å²) in [7, 11) is 0. The predicted molar refractivity (Wildman–Crippen MR) is 69.8 cm³/mol. The minimum absolute atomic E-state index is 0.295. The lowest BCUT2D eigenvalue weighted by molar-refractivity contribution is 0.628. The van der Waals surface area contributed by atoms with E-state index in [0.29, 0.717) is 32.0 Å². The number of hydrogen-bond donors (Lipinski definition) is 1. The standard InChI is InChI=1S/C11H5BrClFN4/c12-10-9-11(18-17-10)15-4-8(16-9)6-2-1-5(14)3-7(6)13/h1-4H,(H,15,17,18). The minimum atomic E-state index is -0.387. The SMILES string of the molecule is Fc1ccc(-c2cnc3n[nH]c(Br)c3n2)c(Cl)c1. The van der Waals surface area contributed by atoms with Crippen LogP contribution in [0.15, 0.2) is 29.0 Å². The smallest absolute Gasteiger partial charge is 0.200 e. The van der Waals surface area contributed by atoms with E-state index >= 15 is 0 Å². The third-order valence-electron chi connectivity index (χ3n) is 2.43. The van der Waals surface area contributed by atoms with Gasteiger partial charge in [-0.3, -0.25) is 5.10 Å². The largest absolute Gasteiger partial charge is 0.267 e. The molecule has 0 aliphatic heterocycles. The van der Waals surface area contributed by atoms with Crippen molar-refractivity contribution in [3.8, 4) is 11.3 Å². The highest BCUT2D eigenvalue weighted by atomic mass is 79.9. The third-order valence-corrected chi connectivity index (χ3v) is 3.29. The molecular weight excluding hydrogens is 323 g/mol. The number of benzene rings is 1. The fraction of sp³-hybridized carbons (Fsp3) is 0. The molecule has 0 spiro atoms. The van der Waals surface area contributed by atoms with Crippen LogP contribution in [0.3, 0.4) is 0 Å². The van der Waals surface area contributed by atoms with Crippen LogP contribution in [0.5, 0.6) is 0 Å². The van der Waals surface area contributed by atoms with Gasteiger partial charge in [0.15, 0.2) is 0 Å². The Labute approximate surface area is 114 Å². The van der Waals surface area contributed by atoms with Crippen molar-refractivity contribution in [2.45, 2.75) is 0 Å². The van der Waals surface area contributed by atoms with E-state index in [4.69, 9.17) is 11.6 Å². The molecular formula is C11H5BrClFN4. The Balaban J connectivity index is 2.21. The summed E-state index contributed by atoms with van der Waals surface area (Å²) in [5.41, 5.74) is 2.30. The van der Waals surface area contributed by atoms with E-state index in [1.54, 1.807) is 12.3 Å². The van der Waals surface area contributed by atoms with E-state index in [2.05, 4.69) is 36.1 Å². The summed E-state index contributed by atoms with van der Waals surface area (Å²) in [5, 5.41) is 6.97. The zero-order chi connectivity index (χ0) is 12.7. The quantitative estimate of drug-likeness (QED) is 0.743. The lowest BCUT2D eigenvalue weighted by Crippen LogP contribution is -1.89. The van der Waals surface area contributed by atoms with Gasteiger partial charge in [0.25, 0.3) is 0 Å². The Morgan fingerprint density at radius 1 is 1.33 bits per heavy atom. The Morgan fingerprint density at radius 2 is 2.17 bits per heavy atom. The van der Waals surface area contributed by atoms with Crippen molar-refractivity contribution < 1.29 is 4.39 Å². The highest BCUT2D eigenvalue weighted by Crippen LogP contribution is 2.28. The first kappa shape index (κ1) is 11.6. The van der Waals surface area contributed by atoms with Gasteiger partial charge in [0, 0.05) is 5.56 Å². The van der Waals surface area contributed by atoms with Crippen LogP contribution in [-0.4, -0.2) is 20.2 Å². The van der Waals surface area contributed by atoms with Crippen molar-refractivity contribution in [3.05, 3.63) is 39.8 Å². The van der Waals surface area contributed by atoms with Gasteiger partial charge in [-0.05, 0) is 34.1 Å². The summed E-state index contributed by atoms with van der Waals surface area (Å²) in [6, 6.07) is 4.15. The molecule has 7 heteroatoms. The Bertz CT molecular complexity index is 743. The van der Waals surface area contributed by atoms with E-state index in [0.717, 1.165) is 0 Å². The predicted octanol–water partition coefficient (Wildman–Crippen LogP) is 3.57. The van der Waals surface area contributed by atoms with E-state index in [1.807, 2.05) is 0 Å². The number of nitrogens with one attached hydrogen (secondary N) is 1. The van der Waals surface area contributed by atoms with Crippen LogP contribution >= 0.6 is 27.5 Å². The number of aromatic nitrogens is 4. The van der Waals surface area contributed by atoms with Crippen molar-refractivity contribution >= 4 is 38.7 Å². The average Bonchev–Trinajstić information content (AvgIpc) is 2.71. The molecule has 2 aromatic heterocycles. The van der Waals surface area contributed by atoms with Crippen molar-refractivity contribution in [1.82, 2.24) is 20.2 Å². The number of fused-ring (bicyclic) bond motifs is 1. The summed E-state index contributed by atoms with van der Waals surface area (Å²) in [4.78, 5) is 8.54. The van der Waals surface area contributed by atoms with Gasteiger partial charge in [-0.25, -0.2) is 14.4 Å². The lowest BCUT2D eigenvalue weighted by atomic mass is 10.1. The summed E-state index contributed by atoms with van der Waals surface area (Å²) in [6.45, 7) is 0. The zero-order valence-electron chi connectivity index (χ0n) is 8.78. The summed E-state index contributed by atoms with van der Waals surface area (Å²) in [6.07, 6.45) is 1.55. The molecule has 0 atom stereocenters. The van der Waals surface area contributed by atoms with Crippen molar-refractivity contribution in [1.29, 1.82) is 0 Å². The second kappa shape index (κ2) is 4.29. The van der Waals surface area contributed by atoms with Gasteiger partial charge in [0.1, 0.15) is 15.9 Å². The molecule has 0 saturated heterocycles. The summed E-state index contributed by atoms with van der Waals surface area (Å²) >= 11 is 9.28. The number of hydrogen-bond acceptors (Lipinski definition) is 3. The van der Waals surface area contributed by atoms with Gasteiger partial charge in [-0.15, -0.1) is 0 Å². The highest BCUT2D eigenvalue weighted by molar-refractivity contribution is 9.10. The Morgan fingerprint density at radius 3 is 2.94 bits per heavy atom. The maximum absolute atomic E-state index is 13.0. The molecule has 2 heterocycles. The maximum atomic E-state index is 13.0. The summed E-state index contributed by atoms with van der Waals surface area (Å²) < 4.78 is 13.6. The van der Waals surface area contributed by atoms with Gasteiger partial charge in [-0.1, -0.05) is 11.6 Å². The van der Waals surface area contributed by atoms with Crippen LogP contribution in [0.25, 0.3) is 22.4 Å². The molecule has 90 valence electrons. The van der Waals surface area contributed by atoms with Gasteiger partial charge >= 0.3 is 0 Å². The monoisotopic (exact) mass is 326 g/mol. The minimum Gasteiger partial charge on any atom is -0.267 e. The van der Waals surface area contributed by atoms with Crippen LogP contribution in [0.1, 0.15) is 0 Å². The normalized spacial score (nSPS) is 11.1. The number of aromatic amines is 1. The Hall–Kier alpha value is -1.53. The molecule has 1 N–H and O–H groups in total. The van der Waals surface area contributed by atoms with E-state index in [9.17, 15) is 4.39 Å². The molecule has 0 amide bonds. The molecule has 1 aromatic carbocycles. The van der Waals surface area contributed by atoms with Crippen LogP contribution < -0.4 is 0 Å². The van der Waals surface area contributed by atoms with Gasteiger partial charge in [0.05, 0.1) is 16.9 Å². The lowest BCUT2D eigenvalue weighted by Gasteiger charge is -2.03. The first-order chi connectivity index (χ1) is 8.65.